The standard InChI is InChI=1S/C17H23N3O/c1-3-19(4-2)8-9-20-17-11-14(16-7-10-21-13-16)5-6-15(17)12-18-20/h5-7,10,12-13,17H,3-4,8-9,11H2,1-2H3. The van der Waals surface area contributed by atoms with Crippen molar-refractivity contribution >= 4 is 11.8 Å². The molecule has 0 saturated heterocycles. The summed E-state index contributed by atoms with van der Waals surface area (Å²) < 4.78 is 5.20. The highest BCUT2D eigenvalue weighted by Crippen LogP contribution is 2.32. The van der Waals surface area contributed by atoms with Gasteiger partial charge in [0.15, 0.2) is 0 Å². The highest BCUT2D eigenvalue weighted by atomic mass is 16.3. The number of allylic oxidation sites excluding steroid dienone is 2. The first-order chi connectivity index (χ1) is 10.3. The average molecular weight is 285 g/mol. The van der Waals surface area contributed by atoms with Crippen LogP contribution in [0, 0.1) is 0 Å². The van der Waals surface area contributed by atoms with Gasteiger partial charge in [0.2, 0.25) is 0 Å². The van der Waals surface area contributed by atoms with E-state index < -0.39 is 0 Å². The fourth-order valence-electron chi connectivity index (χ4n) is 2.99. The second-order valence-corrected chi connectivity index (χ2v) is 5.53. The summed E-state index contributed by atoms with van der Waals surface area (Å²) in [7, 11) is 0. The van der Waals surface area contributed by atoms with E-state index >= 15 is 0 Å². The summed E-state index contributed by atoms with van der Waals surface area (Å²) in [4.78, 5) is 2.44. The summed E-state index contributed by atoms with van der Waals surface area (Å²) >= 11 is 0. The molecule has 0 amide bonds. The Balaban J connectivity index is 1.65. The molecule has 1 aliphatic heterocycles. The van der Waals surface area contributed by atoms with Gasteiger partial charge < -0.3 is 9.32 Å². The van der Waals surface area contributed by atoms with Crippen LogP contribution in [0.3, 0.4) is 0 Å². The molecule has 0 fully saturated rings. The highest BCUT2D eigenvalue weighted by molar-refractivity contribution is 5.86. The molecule has 1 atom stereocenters. The van der Waals surface area contributed by atoms with Gasteiger partial charge in [-0.05, 0) is 36.7 Å². The molecule has 1 aromatic heterocycles. The molecule has 0 N–H and O–H groups in total. The largest absolute Gasteiger partial charge is 0.472 e. The molecule has 3 rings (SSSR count). The van der Waals surface area contributed by atoms with Gasteiger partial charge in [0.25, 0.3) is 0 Å². The maximum absolute atomic E-state index is 5.20. The number of hydrazone groups is 1. The monoisotopic (exact) mass is 285 g/mol. The van der Waals surface area contributed by atoms with Crippen molar-refractivity contribution in [1.82, 2.24) is 9.91 Å². The molecule has 0 bridgehead atoms. The quantitative estimate of drug-likeness (QED) is 0.805. The van der Waals surface area contributed by atoms with E-state index in [1.54, 1.807) is 6.26 Å². The molecule has 112 valence electrons. The Labute approximate surface area is 126 Å². The van der Waals surface area contributed by atoms with Gasteiger partial charge in [-0.3, -0.25) is 5.01 Å². The minimum absolute atomic E-state index is 0.385. The number of likely N-dealkylation sites (N-methyl/N-ethyl adjacent to an activating group) is 1. The fourth-order valence-corrected chi connectivity index (χ4v) is 2.99. The Bertz CT molecular complexity index is 553. The van der Waals surface area contributed by atoms with Crippen molar-refractivity contribution in [3.8, 4) is 0 Å². The molecule has 2 aliphatic rings. The third-order valence-corrected chi connectivity index (χ3v) is 4.42. The maximum atomic E-state index is 5.20. The lowest BCUT2D eigenvalue weighted by Crippen LogP contribution is -2.37. The third kappa shape index (κ3) is 2.95. The molecular weight excluding hydrogens is 262 g/mol. The smallest absolute Gasteiger partial charge is 0.0977 e. The predicted octanol–water partition coefficient (Wildman–Crippen LogP) is 3.00. The van der Waals surface area contributed by atoms with Crippen LogP contribution in [0.1, 0.15) is 25.8 Å². The van der Waals surface area contributed by atoms with E-state index in [0.29, 0.717) is 6.04 Å². The SMILES string of the molecule is CCN(CC)CCN1N=CC2=CC=C(c3ccoc3)CC21. The summed E-state index contributed by atoms with van der Waals surface area (Å²) in [5.41, 5.74) is 3.83. The summed E-state index contributed by atoms with van der Waals surface area (Å²) in [6, 6.07) is 2.41. The van der Waals surface area contributed by atoms with Gasteiger partial charge in [-0.25, -0.2) is 0 Å². The maximum Gasteiger partial charge on any atom is 0.0977 e. The zero-order valence-electron chi connectivity index (χ0n) is 12.8. The van der Waals surface area contributed by atoms with Crippen molar-refractivity contribution in [3.63, 3.8) is 0 Å². The van der Waals surface area contributed by atoms with Crippen LogP contribution < -0.4 is 0 Å². The Kier molecular flexibility index (Phi) is 4.25. The Morgan fingerprint density at radius 2 is 2.19 bits per heavy atom. The minimum Gasteiger partial charge on any atom is -0.472 e. The number of nitrogens with zero attached hydrogens (tertiary/aromatic N) is 3. The Morgan fingerprint density at radius 3 is 2.90 bits per heavy atom. The van der Waals surface area contributed by atoms with E-state index in [1.807, 2.05) is 18.5 Å². The number of hydrogen-bond donors (Lipinski definition) is 0. The lowest BCUT2D eigenvalue weighted by Gasteiger charge is -2.29. The first-order valence-corrected chi connectivity index (χ1v) is 7.78. The van der Waals surface area contributed by atoms with E-state index in [2.05, 4.69) is 41.0 Å². The van der Waals surface area contributed by atoms with Gasteiger partial charge in [-0.15, -0.1) is 0 Å². The summed E-state index contributed by atoms with van der Waals surface area (Å²) in [5.74, 6) is 0. The molecule has 0 radical (unpaired) electrons. The molecule has 0 saturated carbocycles. The molecule has 0 aromatic carbocycles. The number of rotatable bonds is 6. The number of furan rings is 1. The first kappa shape index (κ1) is 14.1. The first-order valence-electron chi connectivity index (χ1n) is 7.78. The number of fused-ring (bicyclic) bond motifs is 1. The van der Waals surface area contributed by atoms with Crippen LogP contribution in [-0.2, 0) is 0 Å². The van der Waals surface area contributed by atoms with Crippen molar-refractivity contribution in [2.45, 2.75) is 26.3 Å². The summed E-state index contributed by atoms with van der Waals surface area (Å²) in [6.07, 6.45) is 11.0. The van der Waals surface area contributed by atoms with Crippen molar-refractivity contribution in [2.24, 2.45) is 5.10 Å². The van der Waals surface area contributed by atoms with E-state index in [9.17, 15) is 0 Å². The van der Waals surface area contributed by atoms with Crippen LogP contribution in [0.15, 0.2) is 45.8 Å². The van der Waals surface area contributed by atoms with E-state index in [4.69, 9.17) is 4.42 Å². The minimum atomic E-state index is 0.385. The van der Waals surface area contributed by atoms with Gasteiger partial charge in [0.05, 0.1) is 24.8 Å². The summed E-state index contributed by atoms with van der Waals surface area (Å²) in [5, 5.41) is 6.83. The molecular formula is C17H23N3O. The van der Waals surface area contributed by atoms with E-state index in [1.165, 1.54) is 16.7 Å². The average Bonchev–Trinajstić information content (AvgIpc) is 3.17. The zero-order chi connectivity index (χ0) is 14.7. The lowest BCUT2D eigenvalue weighted by atomic mass is 9.91. The van der Waals surface area contributed by atoms with Crippen LogP contribution >= 0.6 is 0 Å². The molecule has 4 heteroatoms. The summed E-state index contributed by atoms with van der Waals surface area (Å²) in [6.45, 7) is 8.67. The topological polar surface area (TPSA) is 32.0 Å². The molecule has 1 aromatic rings. The molecule has 0 spiro atoms. The van der Waals surface area contributed by atoms with Gasteiger partial charge in [0, 0.05) is 18.7 Å². The van der Waals surface area contributed by atoms with Crippen LogP contribution in [0.25, 0.3) is 5.57 Å². The van der Waals surface area contributed by atoms with Crippen LogP contribution in [0.5, 0.6) is 0 Å². The van der Waals surface area contributed by atoms with Crippen molar-refractivity contribution in [1.29, 1.82) is 0 Å². The zero-order valence-corrected chi connectivity index (χ0v) is 12.8. The molecule has 21 heavy (non-hydrogen) atoms. The Morgan fingerprint density at radius 1 is 1.33 bits per heavy atom. The van der Waals surface area contributed by atoms with E-state index in [0.717, 1.165) is 32.6 Å². The highest BCUT2D eigenvalue weighted by Gasteiger charge is 2.28. The van der Waals surface area contributed by atoms with Gasteiger partial charge in [0.1, 0.15) is 0 Å². The second-order valence-electron chi connectivity index (χ2n) is 5.53. The van der Waals surface area contributed by atoms with Crippen molar-refractivity contribution in [3.05, 3.63) is 41.9 Å². The van der Waals surface area contributed by atoms with Crippen LogP contribution in [-0.4, -0.2) is 48.3 Å². The van der Waals surface area contributed by atoms with E-state index in [-0.39, 0.29) is 0 Å². The second kappa shape index (κ2) is 6.31. The van der Waals surface area contributed by atoms with Crippen molar-refractivity contribution < 1.29 is 4.42 Å². The van der Waals surface area contributed by atoms with Crippen molar-refractivity contribution in [2.75, 3.05) is 26.2 Å². The third-order valence-electron chi connectivity index (χ3n) is 4.42. The van der Waals surface area contributed by atoms with Gasteiger partial charge in [-0.1, -0.05) is 26.0 Å². The fraction of sp³-hybridized carbons (Fsp3) is 0.471. The molecule has 4 nitrogen and oxygen atoms in total. The predicted molar refractivity (Wildman–Crippen MR) is 86.2 cm³/mol. The number of hydrogen-bond acceptors (Lipinski definition) is 4. The van der Waals surface area contributed by atoms with Crippen LogP contribution in [0.4, 0.5) is 0 Å². The van der Waals surface area contributed by atoms with Crippen LogP contribution in [0.2, 0.25) is 0 Å². The molecule has 1 aliphatic carbocycles. The lowest BCUT2D eigenvalue weighted by molar-refractivity contribution is 0.201. The molecule has 2 heterocycles. The molecule has 1 unspecified atom stereocenters. The van der Waals surface area contributed by atoms with Gasteiger partial charge in [-0.2, -0.15) is 5.10 Å². The van der Waals surface area contributed by atoms with Gasteiger partial charge >= 0.3 is 0 Å². The Hall–Kier alpha value is -1.81. The normalized spacial score (nSPS) is 20.7.